The molecule has 1 atom stereocenters. The number of aromatic nitrogens is 1. The number of amides is 1. The zero-order valence-electron chi connectivity index (χ0n) is 14.3. The molecule has 0 radical (unpaired) electrons. The number of hydrogen-bond acceptors (Lipinski definition) is 6. The van der Waals surface area contributed by atoms with Gasteiger partial charge in [-0.05, 0) is 18.6 Å². The predicted molar refractivity (Wildman–Crippen MR) is 93.7 cm³/mol. The van der Waals surface area contributed by atoms with Crippen molar-refractivity contribution in [1.29, 1.82) is 5.26 Å². The van der Waals surface area contributed by atoms with Crippen LogP contribution in [0.4, 0.5) is 5.69 Å². The molecular weight excluding hydrogens is 320 g/mol. The lowest BCUT2D eigenvalue weighted by Crippen LogP contribution is -2.31. The summed E-state index contributed by atoms with van der Waals surface area (Å²) in [7, 11) is 3.19. The van der Waals surface area contributed by atoms with Crippen LogP contribution in [0.25, 0.3) is 10.9 Å². The van der Waals surface area contributed by atoms with Crippen LogP contribution >= 0.6 is 0 Å². The molecule has 1 aromatic carbocycles. The molecule has 1 fully saturated rings. The van der Waals surface area contributed by atoms with Crippen molar-refractivity contribution in [3.8, 4) is 17.6 Å². The molecule has 7 nitrogen and oxygen atoms in total. The Morgan fingerprint density at radius 2 is 2.16 bits per heavy atom. The molecule has 1 aromatic heterocycles. The van der Waals surface area contributed by atoms with E-state index in [-0.39, 0.29) is 18.4 Å². The summed E-state index contributed by atoms with van der Waals surface area (Å²) in [5.74, 6) is 1.16. The number of rotatable bonds is 5. The van der Waals surface area contributed by atoms with Gasteiger partial charge in [-0.25, -0.2) is 0 Å². The molecule has 2 heterocycles. The summed E-state index contributed by atoms with van der Waals surface area (Å²) >= 11 is 0. The number of nitriles is 1. The van der Waals surface area contributed by atoms with E-state index < -0.39 is 0 Å². The van der Waals surface area contributed by atoms with Gasteiger partial charge in [0.1, 0.15) is 6.42 Å². The molecule has 1 aliphatic heterocycles. The average molecular weight is 340 g/mol. The number of likely N-dealkylation sites (tertiary alicyclic amines) is 1. The van der Waals surface area contributed by atoms with Crippen molar-refractivity contribution < 1.29 is 14.3 Å². The van der Waals surface area contributed by atoms with E-state index in [1.807, 2.05) is 24.3 Å². The summed E-state index contributed by atoms with van der Waals surface area (Å²) in [6.07, 6.45) is 2.51. The van der Waals surface area contributed by atoms with Crippen molar-refractivity contribution in [3.05, 3.63) is 24.4 Å². The summed E-state index contributed by atoms with van der Waals surface area (Å²) in [5, 5.41) is 13.1. The fourth-order valence-electron chi connectivity index (χ4n) is 3.10. The molecule has 0 saturated carbocycles. The van der Waals surface area contributed by atoms with Gasteiger partial charge in [-0.3, -0.25) is 9.78 Å². The normalized spacial score (nSPS) is 16.5. The first-order chi connectivity index (χ1) is 12.2. The van der Waals surface area contributed by atoms with Gasteiger partial charge < -0.3 is 19.7 Å². The number of methoxy groups -OCH3 is 2. The van der Waals surface area contributed by atoms with Gasteiger partial charge in [-0.2, -0.15) is 5.26 Å². The quantitative estimate of drug-likeness (QED) is 0.897. The average Bonchev–Trinajstić information content (AvgIpc) is 3.09. The maximum atomic E-state index is 11.8. The zero-order chi connectivity index (χ0) is 17.8. The standard InChI is InChI=1S/C18H20N4O3/c1-24-16-9-13-14(4-7-20-15(13)10-17(16)25-2)21-12-5-8-22(11-12)18(23)3-6-19/h4,7,9-10,12H,3,5,8,11H2,1-2H3,(H,20,21)/t12-/m0/s1. The minimum atomic E-state index is -0.113. The number of hydrogen-bond donors (Lipinski definition) is 1. The Balaban J connectivity index is 1.83. The maximum Gasteiger partial charge on any atom is 0.236 e. The molecule has 1 N–H and O–H groups in total. The SMILES string of the molecule is COc1cc2nccc(N[C@H]3CCN(C(=O)CC#N)C3)c2cc1OC. The Kier molecular flexibility index (Phi) is 4.89. The number of ether oxygens (including phenoxy) is 2. The van der Waals surface area contributed by atoms with E-state index in [4.69, 9.17) is 14.7 Å². The van der Waals surface area contributed by atoms with Gasteiger partial charge in [-0.1, -0.05) is 0 Å². The predicted octanol–water partition coefficient (Wildman–Crippen LogP) is 2.18. The Labute approximate surface area is 146 Å². The fraction of sp³-hybridized carbons (Fsp3) is 0.389. The second-order valence-electron chi connectivity index (χ2n) is 5.89. The van der Waals surface area contributed by atoms with Gasteiger partial charge >= 0.3 is 0 Å². The first-order valence-electron chi connectivity index (χ1n) is 8.08. The molecule has 2 aromatic rings. The third-order valence-electron chi connectivity index (χ3n) is 4.38. The number of nitrogens with one attached hydrogen (secondary N) is 1. The van der Waals surface area contributed by atoms with Crippen LogP contribution < -0.4 is 14.8 Å². The van der Waals surface area contributed by atoms with Crippen LogP contribution in [0.5, 0.6) is 11.5 Å². The minimum Gasteiger partial charge on any atom is -0.493 e. The van der Waals surface area contributed by atoms with Crippen LogP contribution in [-0.4, -0.2) is 49.1 Å². The van der Waals surface area contributed by atoms with E-state index in [2.05, 4.69) is 10.3 Å². The van der Waals surface area contributed by atoms with Gasteiger partial charge in [0.25, 0.3) is 0 Å². The highest BCUT2D eigenvalue weighted by atomic mass is 16.5. The zero-order valence-corrected chi connectivity index (χ0v) is 14.3. The summed E-state index contributed by atoms with van der Waals surface area (Å²) in [4.78, 5) is 18.0. The van der Waals surface area contributed by atoms with E-state index in [9.17, 15) is 4.79 Å². The monoisotopic (exact) mass is 340 g/mol. The number of pyridine rings is 1. The highest BCUT2D eigenvalue weighted by Gasteiger charge is 2.26. The van der Waals surface area contributed by atoms with Gasteiger partial charge in [0.2, 0.25) is 5.91 Å². The molecule has 1 saturated heterocycles. The van der Waals surface area contributed by atoms with Crippen molar-refractivity contribution in [2.45, 2.75) is 18.9 Å². The summed E-state index contributed by atoms with van der Waals surface area (Å²) in [6, 6.07) is 7.71. The van der Waals surface area contributed by atoms with Crippen molar-refractivity contribution in [2.75, 3.05) is 32.6 Å². The van der Waals surface area contributed by atoms with Crippen LogP contribution in [0.2, 0.25) is 0 Å². The van der Waals surface area contributed by atoms with Gasteiger partial charge in [0.05, 0.1) is 25.8 Å². The number of fused-ring (bicyclic) bond motifs is 1. The van der Waals surface area contributed by atoms with E-state index in [0.717, 1.165) is 23.0 Å². The summed E-state index contributed by atoms with van der Waals surface area (Å²) < 4.78 is 10.7. The maximum absolute atomic E-state index is 11.8. The molecule has 0 unspecified atom stereocenters. The van der Waals surface area contributed by atoms with Crippen molar-refractivity contribution in [2.24, 2.45) is 0 Å². The molecule has 3 rings (SSSR count). The largest absolute Gasteiger partial charge is 0.493 e. The second-order valence-corrected chi connectivity index (χ2v) is 5.89. The molecule has 0 aliphatic carbocycles. The summed E-state index contributed by atoms with van der Waals surface area (Å²) in [5.41, 5.74) is 1.74. The molecule has 25 heavy (non-hydrogen) atoms. The number of nitrogens with zero attached hydrogens (tertiary/aromatic N) is 3. The molecule has 0 spiro atoms. The second kappa shape index (κ2) is 7.26. The topological polar surface area (TPSA) is 87.5 Å². The lowest BCUT2D eigenvalue weighted by Gasteiger charge is -2.18. The van der Waals surface area contributed by atoms with E-state index in [1.165, 1.54) is 0 Å². The van der Waals surface area contributed by atoms with Crippen molar-refractivity contribution >= 4 is 22.5 Å². The summed E-state index contributed by atoms with van der Waals surface area (Å²) in [6.45, 7) is 1.26. The van der Waals surface area contributed by atoms with E-state index in [0.29, 0.717) is 24.6 Å². The lowest BCUT2D eigenvalue weighted by molar-refractivity contribution is -0.129. The first kappa shape index (κ1) is 16.8. The molecule has 0 bridgehead atoms. The number of carbonyl (C=O) groups excluding carboxylic acids is 1. The van der Waals surface area contributed by atoms with Gasteiger partial charge in [0.15, 0.2) is 11.5 Å². The van der Waals surface area contributed by atoms with Crippen LogP contribution in [0.3, 0.4) is 0 Å². The van der Waals surface area contributed by atoms with E-state index in [1.54, 1.807) is 25.3 Å². The van der Waals surface area contributed by atoms with Crippen LogP contribution in [0, 0.1) is 11.3 Å². The van der Waals surface area contributed by atoms with Gasteiger partial charge in [-0.15, -0.1) is 0 Å². The third-order valence-corrected chi connectivity index (χ3v) is 4.38. The Hall–Kier alpha value is -3.01. The molecule has 130 valence electrons. The highest BCUT2D eigenvalue weighted by Crippen LogP contribution is 2.34. The Bertz CT molecular complexity index is 831. The van der Waals surface area contributed by atoms with E-state index >= 15 is 0 Å². The molecule has 1 aliphatic rings. The van der Waals surface area contributed by atoms with Crippen LogP contribution in [-0.2, 0) is 4.79 Å². The van der Waals surface area contributed by atoms with Crippen LogP contribution in [0.15, 0.2) is 24.4 Å². The molecule has 7 heteroatoms. The Morgan fingerprint density at radius 1 is 1.40 bits per heavy atom. The van der Waals surface area contributed by atoms with Crippen molar-refractivity contribution in [1.82, 2.24) is 9.88 Å². The first-order valence-corrected chi connectivity index (χ1v) is 8.08. The highest BCUT2D eigenvalue weighted by molar-refractivity contribution is 5.93. The third kappa shape index (κ3) is 3.43. The smallest absolute Gasteiger partial charge is 0.236 e. The number of anilines is 1. The molecular formula is C18H20N4O3. The molecule has 1 amide bonds. The van der Waals surface area contributed by atoms with Crippen molar-refractivity contribution in [3.63, 3.8) is 0 Å². The fourth-order valence-corrected chi connectivity index (χ4v) is 3.10. The minimum absolute atomic E-state index is 0.0676. The Morgan fingerprint density at radius 3 is 2.88 bits per heavy atom. The number of benzene rings is 1. The number of carbonyl (C=O) groups is 1. The van der Waals surface area contributed by atoms with Gasteiger partial charge in [0, 0.05) is 42.5 Å². The van der Waals surface area contributed by atoms with Crippen LogP contribution in [0.1, 0.15) is 12.8 Å². The lowest BCUT2D eigenvalue weighted by atomic mass is 10.1.